The average molecular weight is 822 g/mol. The minimum absolute atomic E-state index is 0.234. The Balaban J connectivity index is 0.000000381. The molecule has 4 rings (SSSR count). The number of amides is 2. The van der Waals surface area contributed by atoms with E-state index in [1.54, 1.807) is 53.7 Å². The molecule has 0 aromatic carbocycles. The van der Waals surface area contributed by atoms with Gasteiger partial charge in [0.2, 0.25) is 0 Å². The molecule has 308 valence electrons. The Morgan fingerprint density at radius 3 is 1.45 bits per heavy atom. The van der Waals surface area contributed by atoms with E-state index in [0.717, 1.165) is 40.3 Å². The quantitative estimate of drug-likeness (QED) is 0.248. The van der Waals surface area contributed by atoms with Gasteiger partial charge in [0.05, 0.1) is 39.6 Å². The average Bonchev–Trinajstić information content (AvgIpc) is 3.05. The molecule has 21 nitrogen and oxygen atoms in total. The number of hydrogen-bond acceptors (Lipinski definition) is 15. The van der Waals surface area contributed by atoms with E-state index in [4.69, 9.17) is 28.8 Å². The molecule has 1 aromatic rings. The maximum atomic E-state index is 11.9. The van der Waals surface area contributed by atoms with Gasteiger partial charge in [-0.3, -0.25) is 0 Å². The van der Waals surface area contributed by atoms with Gasteiger partial charge in [-0.15, -0.1) is 8.42 Å². The van der Waals surface area contributed by atoms with E-state index in [0.29, 0.717) is 39.5 Å². The third kappa shape index (κ3) is 21.5. The Kier molecular flexibility index (Phi) is 19.8. The second-order valence-corrected chi connectivity index (χ2v) is 18.2. The van der Waals surface area contributed by atoms with E-state index >= 15 is 0 Å². The summed E-state index contributed by atoms with van der Waals surface area (Å²) in [6, 6.07) is 3.24. The van der Waals surface area contributed by atoms with Crippen molar-refractivity contribution < 1.29 is 62.5 Å². The second-order valence-electron chi connectivity index (χ2n) is 13.4. The predicted octanol–water partition coefficient (Wildman–Crippen LogP) is -1.13. The molecule has 0 aliphatic carbocycles. The van der Waals surface area contributed by atoms with E-state index < -0.39 is 54.0 Å². The van der Waals surface area contributed by atoms with Crippen molar-refractivity contribution in [1.29, 1.82) is 0 Å². The van der Waals surface area contributed by atoms with Crippen LogP contribution in [-0.4, -0.2) is 150 Å². The number of anilines is 1. The number of ether oxygens (including phenoxy) is 5. The number of nitrogens with two attached hydrogens (primary N) is 1. The van der Waals surface area contributed by atoms with E-state index in [9.17, 15) is 34.8 Å². The molecule has 4 heterocycles. The first-order valence-corrected chi connectivity index (χ1v) is 20.9. The van der Waals surface area contributed by atoms with Crippen molar-refractivity contribution in [3.05, 3.63) is 24.5 Å². The number of nitrogens with zero attached hydrogens (tertiary/aromatic N) is 4. The molecule has 2 amide bonds. The van der Waals surface area contributed by atoms with Gasteiger partial charge in [-0.05, 0) is 41.5 Å². The van der Waals surface area contributed by atoms with Gasteiger partial charge < -0.3 is 33.9 Å². The fraction of sp³-hybridized carbons (Fsp3) is 0.759. The molecule has 3 saturated heterocycles. The Bertz CT molecular complexity index is 1570. The summed E-state index contributed by atoms with van der Waals surface area (Å²) in [6.07, 6.45) is 0.718. The molecule has 0 atom stereocenters. The first kappa shape index (κ1) is 48.1. The summed E-state index contributed by atoms with van der Waals surface area (Å²) in [6.45, 7) is 16.5. The Hall–Kier alpha value is -2.94. The Morgan fingerprint density at radius 1 is 0.736 bits per heavy atom. The summed E-state index contributed by atoms with van der Waals surface area (Å²) >= 11 is 0. The van der Waals surface area contributed by atoms with Gasteiger partial charge in [-0.1, -0.05) is 3.97 Å². The molecule has 5 N–H and O–H groups in total. The number of nitrogens with one attached hydrogen (secondary N) is 3. The minimum Gasteiger partial charge on any atom is -0.443 e. The molecule has 3 aliphatic rings. The van der Waals surface area contributed by atoms with Crippen molar-refractivity contribution in [2.45, 2.75) is 52.7 Å². The topological polar surface area (TPSA) is 258 Å². The molecule has 0 unspecified atom stereocenters. The summed E-state index contributed by atoms with van der Waals surface area (Å²) in [5.41, 5.74) is -0.655. The highest BCUT2D eigenvalue weighted by Gasteiger charge is 2.29. The van der Waals surface area contributed by atoms with Crippen LogP contribution in [0.3, 0.4) is 0 Å². The normalized spacial score (nSPS) is 17.5. The number of carbonyl (C=O) groups is 2. The SMILES string of the molecule is C1COCCN1.CC(C)(C)OC(=O)NS(=O)(=O)N1CCOCC1.CN(C)c1cc[n+](S(=O)(=O)NC(=O)OC(C)(C)C)cc1.NS(=O)(=O)N1CCOCC1. The summed E-state index contributed by atoms with van der Waals surface area (Å²) in [5.74, 6) is 0. The summed E-state index contributed by atoms with van der Waals surface area (Å²) < 4.78 is 100. The minimum atomic E-state index is -4.00. The van der Waals surface area contributed by atoms with Crippen LogP contribution < -0.4 is 28.8 Å². The van der Waals surface area contributed by atoms with Gasteiger partial charge in [0, 0.05) is 71.2 Å². The third-order valence-electron chi connectivity index (χ3n) is 6.29. The first-order valence-electron chi connectivity index (χ1n) is 16.5. The Labute approximate surface area is 313 Å². The maximum Gasteiger partial charge on any atom is 0.474 e. The van der Waals surface area contributed by atoms with Crippen molar-refractivity contribution in [3.8, 4) is 0 Å². The predicted molar refractivity (Wildman–Crippen MR) is 195 cm³/mol. The van der Waals surface area contributed by atoms with Crippen LogP contribution in [0.1, 0.15) is 41.5 Å². The number of pyridine rings is 1. The van der Waals surface area contributed by atoms with Crippen LogP contribution in [0.2, 0.25) is 0 Å². The zero-order chi connectivity index (χ0) is 40.5. The van der Waals surface area contributed by atoms with Gasteiger partial charge in [-0.2, -0.15) is 30.2 Å². The van der Waals surface area contributed by atoms with Crippen LogP contribution in [0.25, 0.3) is 0 Å². The van der Waals surface area contributed by atoms with Crippen molar-refractivity contribution in [2.75, 3.05) is 97.9 Å². The van der Waals surface area contributed by atoms with Crippen LogP contribution in [-0.2, 0) is 54.3 Å². The van der Waals surface area contributed by atoms with E-state index in [1.807, 2.05) is 28.4 Å². The van der Waals surface area contributed by atoms with Crippen molar-refractivity contribution in [2.24, 2.45) is 5.14 Å². The molecule has 0 bridgehead atoms. The monoisotopic (exact) mass is 821 g/mol. The number of hydrogen-bond donors (Lipinski definition) is 4. The molecule has 3 fully saturated rings. The zero-order valence-corrected chi connectivity index (χ0v) is 34.1. The number of rotatable bonds is 6. The van der Waals surface area contributed by atoms with Gasteiger partial charge in [0.1, 0.15) is 11.2 Å². The highest BCUT2D eigenvalue weighted by atomic mass is 32.2. The van der Waals surface area contributed by atoms with Crippen LogP contribution in [0, 0.1) is 0 Å². The molecule has 0 saturated carbocycles. The standard InChI is InChI=1S/C12H19N3O4S.C9H18N2O5S.C4H10N2O3S.C4H9NO/c1-12(2,3)19-11(16)13-20(17,18)15-8-6-10(7-9-15)14(4)5;1-9(2,3)16-8(12)10-17(13,14)11-4-6-15-7-5-11;5-10(7,8)6-1-3-9-4-2-6;1-3-6-4-2-5-1/h6-9H,1-5H3;4-7H2,1-3H3,(H,10,12);1-4H2,(H2,5,7,8);5H,1-4H2/p+1. The van der Waals surface area contributed by atoms with E-state index in [-0.39, 0.29) is 13.1 Å². The van der Waals surface area contributed by atoms with E-state index in [2.05, 4.69) is 5.32 Å². The van der Waals surface area contributed by atoms with Crippen LogP contribution >= 0.6 is 0 Å². The largest absolute Gasteiger partial charge is 0.474 e. The Morgan fingerprint density at radius 2 is 1.13 bits per heavy atom. The van der Waals surface area contributed by atoms with Crippen molar-refractivity contribution >= 4 is 48.5 Å². The molecular weight excluding hydrogens is 765 g/mol. The van der Waals surface area contributed by atoms with Crippen LogP contribution in [0.5, 0.6) is 0 Å². The highest BCUT2D eigenvalue weighted by Crippen LogP contribution is 2.10. The molecule has 0 radical (unpaired) electrons. The van der Waals surface area contributed by atoms with Gasteiger partial charge >= 0.3 is 32.6 Å². The third-order valence-corrected chi connectivity index (χ3v) is 10.1. The molecule has 1 aromatic heterocycles. The van der Waals surface area contributed by atoms with E-state index in [1.165, 1.54) is 16.7 Å². The fourth-order valence-electron chi connectivity index (χ4n) is 3.89. The maximum absolute atomic E-state index is 11.9. The first-order chi connectivity index (χ1) is 24.3. The molecule has 24 heteroatoms. The summed E-state index contributed by atoms with van der Waals surface area (Å²) in [4.78, 5) is 24.7. The fourth-order valence-corrected chi connectivity index (χ4v) is 6.36. The zero-order valence-electron chi connectivity index (χ0n) is 31.7. The smallest absolute Gasteiger partial charge is 0.443 e. The second kappa shape index (κ2) is 21.8. The van der Waals surface area contributed by atoms with Crippen LogP contribution in [0.15, 0.2) is 24.5 Å². The molecule has 0 spiro atoms. The lowest BCUT2D eigenvalue weighted by Gasteiger charge is -2.26. The molecular formula is C29H57N8O13S3+. The van der Waals surface area contributed by atoms with Crippen molar-refractivity contribution in [1.82, 2.24) is 23.4 Å². The molecule has 53 heavy (non-hydrogen) atoms. The molecule has 3 aliphatic heterocycles. The summed E-state index contributed by atoms with van der Waals surface area (Å²) in [7, 11) is -7.62. The number of carbonyl (C=O) groups excluding carboxylic acids is 2. The number of morpholine rings is 3. The van der Waals surface area contributed by atoms with Gasteiger partial charge in [0.15, 0.2) is 12.4 Å². The van der Waals surface area contributed by atoms with Crippen molar-refractivity contribution in [3.63, 3.8) is 0 Å². The van der Waals surface area contributed by atoms with Gasteiger partial charge in [0.25, 0.3) is 10.2 Å². The van der Waals surface area contributed by atoms with Crippen LogP contribution in [0.4, 0.5) is 15.3 Å². The lowest BCUT2D eigenvalue weighted by molar-refractivity contribution is -0.512. The lowest BCUT2D eigenvalue weighted by atomic mass is 10.2. The summed E-state index contributed by atoms with van der Waals surface area (Å²) in [5, 5.41) is 8.01. The number of aromatic nitrogens is 1. The van der Waals surface area contributed by atoms with Gasteiger partial charge in [-0.25, -0.2) is 19.5 Å². The highest BCUT2D eigenvalue weighted by molar-refractivity contribution is 7.87. The lowest BCUT2D eigenvalue weighted by Crippen LogP contribution is -2.52.